The second-order valence-electron chi connectivity index (χ2n) is 9.96. The van der Waals surface area contributed by atoms with Crippen molar-refractivity contribution in [2.45, 2.75) is 18.0 Å². The van der Waals surface area contributed by atoms with Crippen molar-refractivity contribution in [2.75, 3.05) is 39.9 Å². The van der Waals surface area contributed by atoms with Crippen LogP contribution in [0.15, 0.2) is 78.2 Å². The molecule has 208 valence electrons. The first-order valence-corrected chi connectivity index (χ1v) is 14.6. The highest BCUT2D eigenvalue weighted by Crippen LogP contribution is 2.47. The van der Waals surface area contributed by atoms with Crippen LogP contribution >= 0.6 is 22.9 Å². The van der Waals surface area contributed by atoms with Gasteiger partial charge >= 0.3 is 0 Å². The maximum atomic E-state index is 14.4. The van der Waals surface area contributed by atoms with Gasteiger partial charge in [0.15, 0.2) is 5.78 Å². The number of rotatable bonds is 8. The molecular weight excluding hydrogens is 546 g/mol. The fourth-order valence-corrected chi connectivity index (χ4v) is 6.85. The van der Waals surface area contributed by atoms with E-state index < -0.39 is 23.9 Å². The molecule has 2 aromatic carbocycles. The first-order valence-electron chi connectivity index (χ1n) is 13.4. The standard InChI is InChI=1S/C31H32ClN3O4S/c1-39-20-26(36)35-24(13-12-21-7-3-2-4-8-21)27(30(37)22-9-5-10-23(32)19-22)28(25-11-6-18-40-25)29(35)31(38)34-16-14-33-15-17-34/h2-13,18-19,24,27-29,33H,14-17,20H2,1H3. The second-order valence-corrected chi connectivity index (χ2v) is 11.4. The van der Waals surface area contributed by atoms with E-state index in [9.17, 15) is 14.4 Å². The molecule has 2 fully saturated rings. The van der Waals surface area contributed by atoms with Gasteiger partial charge in [-0.2, -0.15) is 0 Å². The molecule has 9 heteroatoms. The Bertz CT molecular complexity index is 1360. The molecule has 0 bridgehead atoms. The molecule has 2 aliphatic heterocycles. The predicted molar refractivity (Wildman–Crippen MR) is 158 cm³/mol. The molecule has 40 heavy (non-hydrogen) atoms. The normalized spacial score (nSPS) is 23.1. The molecule has 0 saturated carbocycles. The summed E-state index contributed by atoms with van der Waals surface area (Å²) in [6.45, 7) is 2.23. The van der Waals surface area contributed by atoms with Gasteiger partial charge in [-0.3, -0.25) is 14.4 Å². The second kappa shape index (κ2) is 12.9. The van der Waals surface area contributed by atoms with Crippen LogP contribution in [-0.4, -0.2) is 79.4 Å². The number of hydrogen-bond acceptors (Lipinski definition) is 6. The number of thiophene rings is 1. The van der Waals surface area contributed by atoms with E-state index in [-0.39, 0.29) is 24.2 Å². The molecule has 3 heterocycles. The molecule has 3 aromatic rings. The minimum absolute atomic E-state index is 0.149. The van der Waals surface area contributed by atoms with Crippen LogP contribution in [0.4, 0.5) is 0 Å². The highest BCUT2D eigenvalue weighted by Gasteiger charge is 2.57. The van der Waals surface area contributed by atoms with Crippen molar-refractivity contribution < 1.29 is 19.1 Å². The van der Waals surface area contributed by atoms with Crippen molar-refractivity contribution in [3.63, 3.8) is 0 Å². The maximum absolute atomic E-state index is 14.4. The Balaban J connectivity index is 1.68. The van der Waals surface area contributed by atoms with Gasteiger partial charge in [0.1, 0.15) is 12.6 Å². The Kier molecular flexibility index (Phi) is 9.11. The first kappa shape index (κ1) is 28.2. The molecule has 2 aliphatic rings. The third-order valence-corrected chi connectivity index (χ3v) is 8.73. The molecule has 2 amide bonds. The van der Waals surface area contributed by atoms with Crippen molar-refractivity contribution in [1.29, 1.82) is 0 Å². The SMILES string of the molecule is COCC(=O)N1C(C=Cc2ccccc2)C(C(=O)c2cccc(Cl)c2)C(c2cccs2)C1C(=O)N1CCNCC1. The summed E-state index contributed by atoms with van der Waals surface area (Å²) in [4.78, 5) is 46.8. The average Bonchev–Trinajstić information content (AvgIpc) is 3.63. The lowest BCUT2D eigenvalue weighted by molar-refractivity contribution is -0.147. The van der Waals surface area contributed by atoms with Gasteiger partial charge in [0.2, 0.25) is 11.8 Å². The Morgan fingerprint density at radius 2 is 1.82 bits per heavy atom. The minimum Gasteiger partial charge on any atom is -0.375 e. The number of nitrogens with one attached hydrogen (secondary N) is 1. The average molecular weight is 578 g/mol. The highest BCUT2D eigenvalue weighted by molar-refractivity contribution is 7.10. The van der Waals surface area contributed by atoms with Crippen molar-refractivity contribution in [3.05, 3.63) is 99.2 Å². The van der Waals surface area contributed by atoms with E-state index in [2.05, 4.69) is 5.32 Å². The lowest BCUT2D eigenvalue weighted by Crippen LogP contribution is -2.56. The van der Waals surface area contributed by atoms with E-state index in [0.717, 1.165) is 10.4 Å². The van der Waals surface area contributed by atoms with Crippen LogP contribution in [-0.2, 0) is 14.3 Å². The van der Waals surface area contributed by atoms with E-state index in [1.54, 1.807) is 34.1 Å². The molecule has 2 saturated heterocycles. The number of nitrogens with zero attached hydrogens (tertiary/aromatic N) is 2. The van der Waals surface area contributed by atoms with Gasteiger partial charge in [-0.15, -0.1) is 11.3 Å². The largest absolute Gasteiger partial charge is 0.375 e. The summed E-state index contributed by atoms with van der Waals surface area (Å²) >= 11 is 7.79. The van der Waals surface area contributed by atoms with Crippen LogP contribution in [0.1, 0.15) is 26.7 Å². The van der Waals surface area contributed by atoms with Gasteiger partial charge in [0.05, 0.1) is 12.0 Å². The first-order chi connectivity index (χ1) is 19.5. The number of Topliss-reactive ketones (excluding diaryl/α,β-unsaturated/α-hetero) is 1. The Labute approximate surface area is 243 Å². The number of benzene rings is 2. The number of methoxy groups -OCH3 is 1. The minimum atomic E-state index is -0.863. The highest BCUT2D eigenvalue weighted by atomic mass is 35.5. The Hall–Kier alpha value is -3.30. The summed E-state index contributed by atoms with van der Waals surface area (Å²) in [6, 6.07) is 18.9. The summed E-state index contributed by atoms with van der Waals surface area (Å²) in [6.07, 6.45) is 3.81. The third kappa shape index (κ3) is 5.90. The molecule has 1 aromatic heterocycles. The van der Waals surface area contributed by atoms with Gasteiger partial charge in [-0.25, -0.2) is 0 Å². The lowest BCUT2D eigenvalue weighted by atomic mass is 9.80. The smallest absolute Gasteiger partial charge is 0.249 e. The maximum Gasteiger partial charge on any atom is 0.249 e. The molecule has 4 atom stereocenters. The van der Waals surface area contributed by atoms with E-state index in [1.165, 1.54) is 18.4 Å². The van der Waals surface area contributed by atoms with Crippen LogP contribution in [0.25, 0.3) is 6.08 Å². The number of carbonyl (C=O) groups excluding carboxylic acids is 3. The van der Waals surface area contributed by atoms with Crippen molar-refractivity contribution in [2.24, 2.45) is 5.92 Å². The van der Waals surface area contributed by atoms with Gasteiger partial charge in [-0.1, -0.05) is 72.3 Å². The van der Waals surface area contributed by atoms with Crippen molar-refractivity contribution in [3.8, 4) is 0 Å². The number of ether oxygens (including phenoxy) is 1. The molecule has 0 aliphatic carbocycles. The van der Waals surface area contributed by atoms with Crippen molar-refractivity contribution >= 4 is 46.6 Å². The fraction of sp³-hybridized carbons (Fsp3) is 0.323. The zero-order chi connectivity index (χ0) is 28.1. The van der Waals surface area contributed by atoms with E-state index >= 15 is 0 Å². The summed E-state index contributed by atoms with van der Waals surface area (Å²) < 4.78 is 5.27. The van der Waals surface area contributed by atoms with Crippen LogP contribution in [0.5, 0.6) is 0 Å². The molecular formula is C31H32ClN3O4S. The number of carbonyl (C=O) groups is 3. The quantitative estimate of drug-likeness (QED) is 0.403. The monoisotopic (exact) mass is 577 g/mol. The molecule has 1 N–H and O–H groups in total. The molecule has 0 spiro atoms. The zero-order valence-electron chi connectivity index (χ0n) is 22.2. The number of hydrogen-bond donors (Lipinski definition) is 1. The van der Waals surface area contributed by atoms with Gasteiger partial charge in [0.25, 0.3) is 0 Å². The summed E-state index contributed by atoms with van der Waals surface area (Å²) in [5, 5.41) is 5.68. The summed E-state index contributed by atoms with van der Waals surface area (Å²) in [5.41, 5.74) is 1.38. The predicted octanol–water partition coefficient (Wildman–Crippen LogP) is 4.36. The fourth-order valence-electron chi connectivity index (χ4n) is 5.76. The molecule has 4 unspecified atom stereocenters. The summed E-state index contributed by atoms with van der Waals surface area (Å²) in [7, 11) is 1.46. The van der Waals surface area contributed by atoms with Crippen LogP contribution in [0, 0.1) is 5.92 Å². The van der Waals surface area contributed by atoms with E-state index in [0.29, 0.717) is 36.8 Å². The van der Waals surface area contributed by atoms with Gasteiger partial charge in [-0.05, 0) is 29.1 Å². The van der Waals surface area contributed by atoms with Crippen LogP contribution in [0.2, 0.25) is 5.02 Å². The van der Waals surface area contributed by atoms with Crippen LogP contribution < -0.4 is 5.32 Å². The van der Waals surface area contributed by atoms with E-state index in [4.69, 9.17) is 16.3 Å². The van der Waals surface area contributed by atoms with Crippen LogP contribution in [0.3, 0.4) is 0 Å². The van der Waals surface area contributed by atoms with Gasteiger partial charge < -0.3 is 19.9 Å². The third-order valence-electron chi connectivity index (χ3n) is 7.52. The molecule has 0 radical (unpaired) electrons. The number of ketones is 1. The van der Waals surface area contributed by atoms with Gasteiger partial charge in [0, 0.05) is 54.7 Å². The van der Waals surface area contributed by atoms with E-state index in [1.807, 2.05) is 60.0 Å². The molecule has 5 rings (SSSR count). The number of amides is 2. The summed E-state index contributed by atoms with van der Waals surface area (Å²) in [5.74, 6) is -1.89. The number of likely N-dealkylation sites (tertiary alicyclic amines) is 1. The Morgan fingerprint density at radius 1 is 1.05 bits per heavy atom. The number of piperazine rings is 1. The molecule has 7 nitrogen and oxygen atoms in total. The lowest BCUT2D eigenvalue weighted by Gasteiger charge is -2.35. The Morgan fingerprint density at radius 3 is 2.50 bits per heavy atom. The topological polar surface area (TPSA) is 79.0 Å². The number of halogens is 1. The van der Waals surface area contributed by atoms with Crippen molar-refractivity contribution in [1.82, 2.24) is 15.1 Å². The zero-order valence-corrected chi connectivity index (χ0v) is 23.8.